The standard InChI is InChI=1S/C22H27N3O3/c1-13-10-14(2)20(15(3)11-13)19-12-17(24-28-19)22(27)25-9-5-4-6-18(25)21(26)23-16-7-8-16/h10-12,16,18H,4-9H2,1-3H3,(H,23,26). The third-order valence-corrected chi connectivity index (χ3v) is 5.64. The van der Waals surface area contributed by atoms with Crippen LogP contribution in [0.5, 0.6) is 0 Å². The number of carbonyl (C=O) groups excluding carboxylic acids is 2. The van der Waals surface area contributed by atoms with Crippen molar-refractivity contribution in [2.45, 2.75) is 65.0 Å². The summed E-state index contributed by atoms with van der Waals surface area (Å²) in [5, 5.41) is 7.08. The topological polar surface area (TPSA) is 75.4 Å². The largest absolute Gasteiger partial charge is 0.355 e. The Hall–Kier alpha value is -2.63. The molecule has 6 nitrogen and oxygen atoms in total. The second-order valence-electron chi connectivity index (χ2n) is 8.14. The Morgan fingerprint density at radius 1 is 1.07 bits per heavy atom. The summed E-state index contributed by atoms with van der Waals surface area (Å²) >= 11 is 0. The van der Waals surface area contributed by atoms with Gasteiger partial charge in [0.2, 0.25) is 5.91 Å². The fourth-order valence-electron chi connectivity index (χ4n) is 4.18. The highest BCUT2D eigenvalue weighted by Crippen LogP contribution is 2.30. The number of piperidine rings is 1. The summed E-state index contributed by atoms with van der Waals surface area (Å²) < 4.78 is 5.54. The molecule has 2 amide bonds. The number of rotatable bonds is 4. The zero-order valence-corrected chi connectivity index (χ0v) is 16.7. The lowest BCUT2D eigenvalue weighted by Gasteiger charge is -2.34. The highest BCUT2D eigenvalue weighted by Gasteiger charge is 2.36. The zero-order valence-electron chi connectivity index (χ0n) is 16.7. The molecule has 1 atom stereocenters. The lowest BCUT2D eigenvalue weighted by Crippen LogP contribution is -2.52. The molecule has 0 spiro atoms. The summed E-state index contributed by atoms with van der Waals surface area (Å²) in [6.07, 6.45) is 4.63. The average molecular weight is 381 g/mol. The van der Waals surface area contributed by atoms with Crippen molar-refractivity contribution >= 4 is 11.8 Å². The van der Waals surface area contributed by atoms with Crippen molar-refractivity contribution in [2.75, 3.05) is 6.54 Å². The summed E-state index contributed by atoms with van der Waals surface area (Å²) in [6.45, 7) is 6.69. The smallest absolute Gasteiger partial charge is 0.276 e. The predicted molar refractivity (Wildman–Crippen MR) is 106 cm³/mol. The maximum atomic E-state index is 13.1. The van der Waals surface area contributed by atoms with Crippen LogP contribution in [0.2, 0.25) is 0 Å². The molecule has 2 fully saturated rings. The number of amides is 2. The lowest BCUT2D eigenvalue weighted by molar-refractivity contribution is -0.126. The third kappa shape index (κ3) is 3.68. The van der Waals surface area contributed by atoms with Crippen molar-refractivity contribution in [1.29, 1.82) is 0 Å². The van der Waals surface area contributed by atoms with Crippen LogP contribution in [-0.2, 0) is 4.79 Å². The molecule has 1 aromatic heterocycles. The van der Waals surface area contributed by atoms with Gasteiger partial charge in [0.05, 0.1) is 0 Å². The van der Waals surface area contributed by atoms with Crippen molar-refractivity contribution in [3.63, 3.8) is 0 Å². The molecule has 4 rings (SSSR count). The van der Waals surface area contributed by atoms with E-state index < -0.39 is 6.04 Å². The Morgan fingerprint density at radius 2 is 1.79 bits per heavy atom. The normalized spacial score (nSPS) is 19.5. The van der Waals surface area contributed by atoms with E-state index in [1.54, 1.807) is 11.0 Å². The van der Waals surface area contributed by atoms with Crippen molar-refractivity contribution in [3.05, 3.63) is 40.6 Å². The molecule has 1 aromatic carbocycles. The molecule has 0 bridgehead atoms. The molecule has 1 unspecified atom stereocenters. The van der Waals surface area contributed by atoms with Gasteiger partial charge in [0, 0.05) is 24.2 Å². The van der Waals surface area contributed by atoms with Gasteiger partial charge in [-0.05, 0) is 64.0 Å². The van der Waals surface area contributed by atoms with Gasteiger partial charge in [-0.1, -0.05) is 22.9 Å². The number of benzene rings is 1. The van der Waals surface area contributed by atoms with Gasteiger partial charge in [0.25, 0.3) is 5.91 Å². The predicted octanol–water partition coefficient (Wildman–Crippen LogP) is 3.54. The molecule has 1 N–H and O–H groups in total. The van der Waals surface area contributed by atoms with Crippen molar-refractivity contribution in [2.24, 2.45) is 0 Å². The van der Waals surface area contributed by atoms with Gasteiger partial charge >= 0.3 is 0 Å². The molecular weight excluding hydrogens is 354 g/mol. The highest BCUT2D eigenvalue weighted by atomic mass is 16.5. The summed E-state index contributed by atoms with van der Waals surface area (Å²) in [4.78, 5) is 27.4. The summed E-state index contributed by atoms with van der Waals surface area (Å²) in [5.41, 5.74) is 4.60. The maximum Gasteiger partial charge on any atom is 0.276 e. The Bertz CT molecular complexity index is 890. The molecule has 1 saturated heterocycles. The molecule has 2 aromatic rings. The van der Waals surface area contributed by atoms with Crippen LogP contribution >= 0.6 is 0 Å². The molecule has 1 aliphatic heterocycles. The summed E-state index contributed by atoms with van der Waals surface area (Å²) in [5.74, 6) is 0.326. The SMILES string of the molecule is Cc1cc(C)c(-c2cc(C(=O)N3CCCCC3C(=O)NC3CC3)no2)c(C)c1. The van der Waals surface area contributed by atoms with Crippen molar-refractivity contribution < 1.29 is 14.1 Å². The van der Waals surface area contributed by atoms with E-state index in [0.717, 1.165) is 42.4 Å². The first-order valence-electron chi connectivity index (χ1n) is 10.1. The van der Waals surface area contributed by atoms with E-state index in [2.05, 4.69) is 29.5 Å². The number of hydrogen-bond acceptors (Lipinski definition) is 4. The molecule has 1 saturated carbocycles. The summed E-state index contributed by atoms with van der Waals surface area (Å²) in [6, 6.07) is 5.77. The van der Waals surface area contributed by atoms with Gasteiger partial charge in [0.1, 0.15) is 6.04 Å². The molecule has 2 heterocycles. The van der Waals surface area contributed by atoms with Crippen molar-refractivity contribution in [1.82, 2.24) is 15.4 Å². The van der Waals surface area contributed by atoms with Crippen LogP contribution < -0.4 is 5.32 Å². The number of likely N-dealkylation sites (tertiary alicyclic amines) is 1. The van der Waals surface area contributed by atoms with Crippen LogP contribution in [0.1, 0.15) is 59.3 Å². The van der Waals surface area contributed by atoms with E-state index in [9.17, 15) is 9.59 Å². The molecule has 148 valence electrons. The Morgan fingerprint density at radius 3 is 2.46 bits per heavy atom. The van der Waals surface area contributed by atoms with Gasteiger partial charge in [-0.2, -0.15) is 0 Å². The van der Waals surface area contributed by atoms with E-state index >= 15 is 0 Å². The number of aromatic nitrogens is 1. The minimum Gasteiger partial charge on any atom is -0.355 e. The van der Waals surface area contributed by atoms with E-state index in [4.69, 9.17) is 4.52 Å². The van der Waals surface area contributed by atoms with E-state index in [1.165, 1.54) is 5.56 Å². The van der Waals surface area contributed by atoms with Crippen LogP contribution in [0.4, 0.5) is 0 Å². The van der Waals surface area contributed by atoms with Crippen LogP contribution in [0.3, 0.4) is 0 Å². The lowest BCUT2D eigenvalue weighted by atomic mass is 9.97. The molecule has 2 aliphatic rings. The fraction of sp³-hybridized carbons (Fsp3) is 0.500. The van der Waals surface area contributed by atoms with Gasteiger partial charge in [-0.3, -0.25) is 9.59 Å². The summed E-state index contributed by atoms with van der Waals surface area (Å²) in [7, 11) is 0. The van der Waals surface area contributed by atoms with Gasteiger partial charge in [-0.25, -0.2) is 0 Å². The van der Waals surface area contributed by atoms with Crippen LogP contribution in [-0.4, -0.2) is 40.5 Å². The number of hydrogen-bond donors (Lipinski definition) is 1. The minimum absolute atomic E-state index is 0.0375. The molecule has 1 aliphatic carbocycles. The monoisotopic (exact) mass is 381 g/mol. The second kappa shape index (κ2) is 7.41. The maximum absolute atomic E-state index is 13.1. The van der Waals surface area contributed by atoms with Crippen LogP contribution in [0, 0.1) is 20.8 Å². The minimum atomic E-state index is -0.412. The van der Waals surface area contributed by atoms with Crippen molar-refractivity contribution in [3.8, 4) is 11.3 Å². The first-order chi connectivity index (χ1) is 13.4. The second-order valence-corrected chi connectivity index (χ2v) is 8.14. The van der Waals surface area contributed by atoms with Gasteiger partial charge in [0.15, 0.2) is 11.5 Å². The van der Waals surface area contributed by atoms with Gasteiger partial charge < -0.3 is 14.7 Å². The average Bonchev–Trinajstić information content (AvgIpc) is 3.34. The third-order valence-electron chi connectivity index (χ3n) is 5.64. The fourth-order valence-corrected chi connectivity index (χ4v) is 4.18. The number of nitrogens with zero attached hydrogens (tertiary/aromatic N) is 2. The Kier molecular flexibility index (Phi) is 4.96. The Balaban J connectivity index is 1.57. The molecular formula is C22H27N3O3. The molecule has 0 radical (unpaired) electrons. The molecule has 28 heavy (non-hydrogen) atoms. The zero-order chi connectivity index (χ0) is 19.8. The molecule has 6 heteroatoms. The van der Waals surface area contributed by atoms with Gasteiger partial charge in [-0.15, -0.1) is 0 Å². The van der Waals surface area contributed by atoms with Crippen LogP contribution in [0.15, 0.2) is 22.7 Å². The first-order valence-corrected chi connectivity index (χ1v) is 10.1. The van der Waals surface area contributed by atoms with E-state index in [0.29, 0.717) is 18.7 Å². The van der Waals surface area contributed by atoms with Crippen LogP contribution in [0.25, 0.3) is 11.3 Å². The number of nitrogens with one attached hydrogen (secondary N) is 1. The Labute approximate surface area is 165 Å². The highest BCUT2D eigenvalue weighted by molar-refractivity contribution is 5.97. The van der Waals surface area contributed by atoms with E-state index in [-0.39, 0.29) is 23.6 Å². The number of carbonyl (C=O) groups is 2. The first kappa shape index (κ1) is 18.7. The number of aryl methyl sites for hydroxylation is 3. The quantitative estimate of drug-likeness (QED) is 0.879. The van der Waals surface area contributed by atoms with E-state index in [1.807, 2.05) is 13.8 Å².